The zero-order valence-electron chi connectivity index (χ0n) is 16.6. The Hall–Kier alpha value is -1.65. The molecule has 0 aromatic heterocycles. The molecule has 0 N–H and O–H groups in total. The molecular formula is C23H33N3O. The van der Waals surface area contributed by atoms with Gasteiger partial charge in [-0.3, -0.25) is 9.69 Å². The van der Waals surface area contributed by atoms with E-state index in [2.05, 4.69) is 64.2 Å². The van der Waals surface area contributed by atoms with Gasteiger partial charge in [-0.15, -0.1) is 0 Å². The first-order valence-electron chi connectivity index (χ1n) is 10.6. The number of piperidine rings is 1. The average molecular weight is 368 g/mol. The van der Waals surface area contributed by atoms with Gasteiger partial charge in [0.15, 0.2) is 0 Å². The number of benzene rings is 1. The maximum absolute atomic E-state index is 13.2. The van der Waals surface area contributed by atoms with Crippen molar-refractivity contribution in [1.29, 1.82) is 0 Å². The highest BCUT2D eigenvalue weighted by Crippen LogP contribution is 2.41. The van der Waals surface area contributed by atoms with Crippen LogP contribution in [-0.2, 0) is 4.79 Å². The molecule has 1 aromatic carbocycles. The van der Waals surface area contributed by atoms with Crippen LogP contribution in [0, 0.1) is 5.92 Å². The highest BCUT2D eigenvalue weighted by molar-refractivity contribution is 5.79. The smallest absolute Gasteiger partial charge is 0.237 e. The highest BCUT2D eigenvalue weighted by atomic mass is 16.2. The van der Waals surface area contributed by atoms with E-state index in [1.54, 1.807) is 0 Å². The van der Waals surface area contributed by atoms with E-state index in [1.807, 2.05) is 0 Å². The van der Waals surface area contributed by atoms with Crippen molar-refractivity contribution < 1.29 is 4.79 Å². The molecule has 0 unspecified atom stereocenters. The van der Waals surface area contributed by atoms with Gasteiger partial charge in [0.05, 0.1) is 6.54 Å². The van der Waals surface area contributed by atoms with Crippen LogP contribution < -0.4 is 0 Å². The normalized spacial score (nSPS) is 30.0. The molecule has 4 heteroatoms. The zero-order chi connectivity index (χ0) is 18.6. The van der Waals surface area contributed by atoms with Gasteiger partial charge in [-0.25, -0.2) is 0 Å². The third kappa shape index (κ3) is 4.27. The Kier molecular flexibility index (Phi) is 5.94. The minimum absolute atomic E-state index is 0.344. The van der Waals surface area contributed by atoms with E-state index in [4.69, 9.17) is 0 Å². The Morgan fingerprint density at radius 2 is 1.81 bits per heavy atom. The summed E-state index contributed by atoms with van der Waals surface area (Å²) in [6.07, 6.45) is 9.33. The SMILES string of the molecule is CN1CCN(CC(=O)N2CC[C@@H](c3ccccc3)[C@@H]3C=CCCC[C@@H]32)CC1. The van der Waals surface area contributed by atoms with E-state index < -0.39 is 0 Å². The van der Waals surface area contributed by atoms with Crippen molar-refractivity contribution in [2.24, 2.45) is 5.92 Å². The van der Waals surface area contributed by atoms with Crippen molar-refractivity contribution in [3.8, 4) is 0 Å². The summed E-state index contributed by atoms with van der Waals surface area (Å²) in [5, 5.41) is 0. The molecule has 0 radical (unpaired) electrons. The second kappa shape index (κ2) is 8.57. The summed E-state index contributed by atoms with van der Waals surface area (Å²) in [5.41, 5.74) is 1.44. The van der Waals surface area contributed by atoms with E-state index in [1.165, 1.54) is 12.0 Å². The number of hydrogen-bond acceptors (Lipinski definition) is 3. The molecule has 146 valence electrons. The molecule has 1 amide bonds. The number of hydrogen-bond donors (Lipinski definition) is 0. The molecule has 2 fully saturated rings. The predicted octanol–water partition coefficient (Wildman–Crippen LogP) is 2.97. The summed E-state index contributed by atoms with van der Waals surface area (Å²) < 4.78 is 0. The van der Waals surface area contributed by atoms with E-state index in [9.17, 15) is 4.79 Å². The number of likely N-dealkylation sites (N-methyl/N-ethyl adjacent to an activating group) is 1. The van der Waals surface area contributed by atoms with Crippen molar-refractivity contribution in [1.82, 2.24) is 14.7 Å². The number of fused-ring (bicyclic) bond motifs is 1. The Bertz CT molecular complexity index is 651. The predicted molar refractivity (Wildman–Crippen MR) is 110 cm³/mol. The highest BCUT2D eigenvalue weighted by Gasteiger charge is 2.39. The van der Waals surface area contributed by atoms with Gasteiger partial charge in [-0.05, 0) is 44.2 Å². The summed E-state index contributed by atoms with van der Waals surface area (Å²) in [4.78, 5) is 20.1. The Balaban J connectivity index is 1.48. The first-order chi connectivity index (χ1) is 13.2. The molecule has 2 saturated heterocycles. The van der Waals surface area contributed by atoms with Gasteiger partial charge in [-0.1, -0.05) is 42.5 Å². The molecule has 4 nitrogen and oxygen atoms in total. The quantitative estimate of drug-likeness (QED) is 0.769. The molecule has 0 bridgehead atoms. The standard InChI is InChI=1S/C23H33N3O/c1-24-14-16-25(17-15-24)18-23(27)26-13-12-20(19-8-4-2-5-9-19)21-10-6-3-7-11-22(21)26/h2,4-6,8-10,20-22H,3,7,11-18H2,1H3/t20-,21-,22-/m0/s1. The lowest BCUT2D eigenvalue weighted by molar-refractivity contribution is -0.138. The lowest BCUT2D eigenvalue weighted by atomic mass is 9.75. The first kappa shape index (κ1) is 18.7. The van der Waals surface area contributed by atoms with E-state index in [-0.39, 0.29) is 0 Å². The molecular weight excluding hydrogens is 334 g/mol. The first-order valence-corrected chi connectivity index (χ1v) is 10.6. The zero-order valence-corrected chi connectivity index (χ0v) is 16.6. The van der Waals surface area contributed by atoms with Gasteiger partial charge in [0.25, 0.3) is 0 Å². The van der Waals surface area contributed by atoms with Gasteiger partial charge in [0.2, 0.25) is 5.91 Å². The fraction of sp³-hybridized carbons (Fsp3) is 0.609. The van der Waals surface area contributed by atoms with E-state index in [0.717, 1.165) is 52.0 Å². The van der Waals surface area contributed by atoms with Crippen LogP contribution in [0.1, 0.15) is 37.2 Å². The van der Waals surface area contributed by atoms with Gasteiger partial charge < -0.3 is 9.80 Å². The number of carbonyl (C=O) groups is 1. The molecule has 1 aromatic rings. The van der Waals surface area contributed by atoms with Crippen LogP contribution in [0.15, 0.2) is 42.5 Å². The third-order valence-electron chi connectivity index (χ3n) is 6.72. The Labute approximate surface area is 163 Å². The molecule has 27 heavy (non-hydrogen) atoms. The number of likely N-dealkylation sites (tertiary alicyclic amines) is 1. The molecule has 3 atom stereocenters. The summed E-state index contributed by atoms with van der Waals surface area (Å²) >= 11 is 0. The summed E-state index contributed by atoms with van der Waals surface area (Å²) in [6, 6.07) is 11.3. The Morgan fingerprint density at radius 3 is 2.59 bits per heavy atom. The van der Waals surface area contributed by atoms with E-state index >= 15 is 0 Å². The molecule has 2 aliphatic heterocycles. The molecule has 4 rings (SSSR count). The molecule has 0 spiro atoms. The summed E-state index contributed by atoms with van der Waals surface area (Å²) in [6.45, 7) is 5.65. The fourth-order valence-electron chi connectivity index (χ4n) is 5.11. The largest absolute Gasteiger partial charge is 0.338 e. The number of carbonyl (C=O) groups excluding carboxylic acids is 1. The van der Waals surface area contributed by atoms with Crippen molar-refractivity contribution in [3.05, 3.63) is 48.0 Å². The van der Waals surface area contributed by atoms with Crippen molar-refractivity contribution in [3.63, 3.8) is 0 Å². The Morgan fingerprint density at radius 1 is 1.04 bits per heavy atom. The van der Waals surface area contributed by atoms with Gasteiger partial charge in [0, 0.05) is 44.7 Å². The number of rotatable bonds is 3. The maximum Gasteiger partial charge on any atom is 0.237 e. The van der Waals surface area contributed by atoms with Crippen LogP contribution in [0.2, 0.25) is 0 Å². The van der Waals surface area contributed by atoms with Gasteiger partial charge >= 0.3 is 0 Å². The average Bonchev–Trinajstić information content (AvgIpc) is 2.96. The summed E-state index contributed by atoms with van der Waals surface area (Å²) in [5.74, 6) is 1.34. The molecule has 0 saturated carbocycles. The minimum Gasteiger partial charge on any atom is -0.338 e. The minimum atomic E-state index is 0.344. The second-order valence-corrected chi connectivity index (χ2v) is 8.48. The lowest BCUT2D eigenvalue weighted by Crippen LogP contribution is -2.54. The molecule has 1 aliphatic carbocycles. The van der Waals surface area contributed by atoms with Crippen molar-refractivity contribution in [2.75, 3.05) is 46.3 Å². The van der Waals surface area contributed by atoms with Gasteiger partial charge in [0.1, 0.15) is 0 Å². The van der Waals surface area contributed by atoms with Crippen molar-refractivity contribution in [2.45, 2.75) is 37.6 Å². The van der Waals surface area contributed by atoms with Gasteiger partial charge in [-0.2, -0.15) is 0 Å². The number of piperazine rings is 1. The molecule has 2 heterocycles. The number of nitrogens with zero attached hydrogens (tertiary/aromatic N) is 3. The summed E-state index contributed by atoms with van der Waals surface area (Å²) in [7, 11) is 2.16. The van der Waals surface area contributed by atoms with E-state index in [0.29, 0.717) is 30.3 Å². The van der Waals surface area contributed by atoms with Crippen LogP contribution in [0.4, 0.5) is 0 Å². The maximum atomic E-state index is 13.2. The lowest BCUT2D eigenvalue weighted by Gasteiger charge is -2.45. The second-order valence-electron chi connectivity index (χ2n) is 8.48. The topological polar surface area (TPSA) is 26.8 Å². The monoisotopic (exact) mass is 367 g/mol. The van der Waals surface area contributed by atoms with Crippen LogP contribution in [0.25, 0.3) is 0 Å². The molecule has 3 aliphatic rings. The van der Waals surface area contributed by atoms with Crippen LogP contribution in [-0.4, -0.2) is 73.0 Å². The van der Waals surface area contributed by atoms with Crippen molar-refractivity contribution >= 4 is 5.91 Å². The van der Waals surface area contributed by atoms with Crippen LogP contribution in [0.3, 0.4) is 0 Å². The third-order valence-corrected chi connectivity index (χ3v) is 6.72. The fourth-order valence-corrected chi connectivity index (χ4v) is 5.11. The van der Waals surface area contributed by atoms with Crippen LogP contribution in [0.5, 0.6) is 0 Å². The van der Waals surface area contributed by atoms with Crippen LogP contribution >= 0.6 is 0 Å². The number of amides is 1. The number of allylic oxidation sites excluding steroid dienone is 1.